The number of hydrogen-bond acceptors (Lipinski definition) is 0. The number of rotatable bonds is 6. The Hall–Kier alpha value is -2.33. The van der Waals surface area contributed by atoms with Crippen LogP contribution in [0.25, 0.3) is 6.08 Å². The van der Waals surface area contributed by atoms with Crippen LogP contribution >= 0.6 is 0 Å². The summed E-state index contributed by atoms with van der Waals surface area (Å²) in [5, 5.41) is 0. The fourth-order valence-electron chi connectivity index (χ4n) is 3.78. The van der Waals surface area contributed by atoms with E-state index in [1.807, 2.05) is 0 Å². The van der Waals surface area contributed by atoms with E-state index in [9.17, 15) is 4.39 Å². The minimum Gasteiger partial charge on any atom is -0.247 e. The van der Waals surface area contributed by atoms with Crippen LogP contribution in [0.1, 0.15) is 86.5 Å². The van der Waals surface area contributed by atoms with Gasteiger partial charge in [0.2, 0.25) is 0 Å². The van der Waals surface area contributed by atoms with Crippen LogP contribution in [-0.2, 0) is 0 Å². The van der Waals surface area contributed by atoms with Gasteiger partial charge < -0.3 is 0 Å². The van der Waals surface area contributed by atoms with Crippen LogP contribution in [0.4, 0.5) is 4.39 Å². The lowest BCUT2D eigenvalue weighted by molar-refractivity contribution is 0.235. The molecule has 0 N–H and O–H groups in total. The molecule has 3 rings (SSSR count). The zero-order valence-corrected chi connectivity index (χ0v) is 17.0. The zero-order chi connectivity index (χ0) is 19.6. The van der Waals surface area contributed by atoms with E-state index in [0.717, 1.165) is 30.4 Å². The molecule has 0 unspecified atom stereocenters. The molecule has 1 saturated carbocycles. The first-order chi connectivity index (χ1) is 13.7. The fourth-order valence-corrected chi connectivity index (χ4v) is 3.78. The predicted octanol–water partition coefficient (Wildman–Crippen LogP) is 7.68. The van der Waals surface area contributed by atoms with Gasteiger partial charge in [0.05, 0.1) is 0 Å². The SMILES string of the molecule is CCCCC/C=C/c1ccc(C#Cc2ccc(C3CCC(F)CC3)cc2)cc1. The number of alkyl halides is 1. The average Bonchev–Trinajstić information content (AvgIpc) is 2.74. The largest absolute Gasteiger partial charge is 0.247 e. The zero-order valence-electron chi connectivity index (χ0n) is 17.0. The summed E-state index contributed by atoms with van der Waals surface area (Å²) >= 11 is 0. The second-order valence-corrected chi connectivity index (χ2v) is 7.84. The fraction of sp³-hybridized carbons (Fsp3) is 0.407. The van der Waals surface area contributed by atoms with Gasteiger partial charge >= 0.3 is 0 Å². The summed E-state index contributed by atoms with van der Waals surface area (Å²) in [4.78, 5) is 0. The van der Waals surface area contributed by atoms with Crippen molar-refractivity contribution < 1.29 is 4.39 Å². The van der Waals surface area contributed by atoms with Gasteiger partial charge in [-0.3, -0.25) is 0 Å². The van der Waals surface area contributed by atoms with Gasteiger partial charge in [-0.2, -0.15) is 0 Å². The average molecular weight is 375 g/mol. The predicted molar refractivity (Wildman–Crippen MR) is 118 cm³/mol. The third-order valence-corrected chi connectivity index (χ3v) is 5.59. The molecule has 28 heavy (non-hydrogen) atoms. The summed E-state index contributed by atoms with van der Waals surface area (Å²) in [5.74, 6) is 7.02. The maximum absolute atomic E-state index is 13.3. The van der Waals surface area contributed by atoms with E-state index in [0.29, 0.717) is 18.8 Å². The summed E-state index contributed by atoms with van der Waals surface area (Å²) in [6.07, 6.45) is 12.2. The lowest BCUT2D eigenvalue weighted by Gasteiger charge is -2.24. The molecule has 0 spiro atoms. The normalized spacial score (nSPS) is 19.4. The van der Waals surface area contributed by atoms with Crippen molar-refractivity contribution in [1.29, 1.82) is 0 Å². The van der Waals surface area contributed by atoms with Gasteiger partial charge in [-0.15, -0.1) is 0 Å². The molecule has 1 heteroatoms. The first kappa shape index (κ1) is 20.4. The monoisotopic (exact) mass is 374 g/mol. The molecule has 0 aliphatic heterocycles. The number of hydrogen-bond donors (Lipinski definition) is 0. The van der Waals surface area contributed by atoms with Crippen LogP contribution in [0.2, 0.25) is 0 Å². The maximum atomic E-state index is 13.3. The second kappa shape index (κ2) is 10.9. The molecule has 2 aromatic rings. The maximum Gasteiger partial charge on any atom is 0.100 e. The van der Waals surface area contributed by atoms with Gasteiger partial charge in [-0.05, 0) is 79.8 Å². The molecule has 0 nitrogen and oxygen atoms in total. The third-order valence-electron chi connectivity index (χ3n) is 5.59. The van der Waals surface area contributed by atoms with Crippen molar-refractivity contribution in [3.63, 3.8) is 0 Å². The van der Waals surface area contributed by atoms with Crippen LogP contribution in [0.5, 0.6) is 0 Å². The second-order valence-electron chi connectivity index (χ2n) is 7.84. The minimum absolute atomic E-state index is 0.511. The van der Waals surface area contributed by atoms with Crippen molar-refractivity contribution in [3.8, 4) is 11.8 Å². The summed E-state index contributed by atoms with van der Waals surface area (Å²) in [6.45, 7) is 2.23. The molecule has 0 heterocycles. The molecule has 1 aliphatic rings. The molecule has 1 fully saturated rings. The van der Waals surface area contributed by atoms with E-state index in [1.54, 1.807) is 0 Å². The minimum atomic E-state index is -0.593. The molecule has 146 valence electrons. The smallest absolute Gasteiger partial charge is 0.100 e. The number of benzene rings is 2. The van der Waals surface area contributed by atoms with Crippen molar-refractivity contribution in [2.75, 3.05) is 0 Å². The lowest BCUT2D eigenvalue weighted by atomic mass is 9.83. The molecule has 0 saturated heterocycles. The standard InChI is InChI=1S/C27H31F/c1-2-3-4-5-6-7-22-8-10-23(11-9-22)12-13-24-14-16-25(17-15-24)26-18-20-27(28)21-19-26/h6-11,14-17,26-27H,2-5,18-21H2,1H3/b7-6+. The first-order valence-corrected chi connectivity index (χ1v) is 10.8. The highest BCUT2D eigenvalue weighted by molar-refractivity contribution is 5.52. The van der Waals surface area contributed by atoms with Gasteiger partial charge in [-0.1, -0.05) is 68.0 Å². The Morgan fingerprint density at radius 1 is 0.857 bits per heavy atom. The van der Waals surface area contributed by atoms with E-state index in [4.69, 9.17) is 0 Å². The van der Waals surface area contributed by atoms with E-state index >= 15 is 0 Å². The quantitative estimate of drug-likeness (QED) is 0.359. The number of unbranched alkanes of at least 4 members (excludes halogenated alkanes) is 3. The summed E-state index contributed by atoms with van der Waals surface area (Å²) < 4.78 is 13.3. The van der Waals surface area contributed by atoms with Gasteiger partial charge in [0, 0.05) is 11.1 Å². The number of halogens is 1. The highest BCUT2D eigenvalue weighted by atomic mass is 19.1. The third kappa shape index (κ3) is 6.38. The Morgan fingerprint density at radius 2 is 1.46 bits per heavy atom. The summed E-state index contributed by atoms with van der Waals surface area (Å²) in [6, 6.07) is 17.0. The van der Waals surface area contributed by atoms with E-state index in [2.05, 4.69) is 79.4 Å². The van der Waals surface area contributed by atoms with E-state index in [1.165, 1.54) is 30.4 Å². The van der Waals surface area contributed by atoms with Crippen molar-refractivity contribution >= 4 is 6.08 Å². The molecule has 0 atom stereocenters. The van der Waals surface area contributed by atoms with Crippen molar-refractivity contribution in [2.45, 2.75) is 70.4 Å². The van der Waals surface area contributed by atoms with Gasteiger partial charge in [0.1, 0.15) is 6.17 Å². The molecular weight excluding hydrogens is 343 g/mol. The molecular formula is C27H31F. The van der Waals surface area contributed by atoms with Crippen LogP contribution in [-0.4, -0.2) is 6.17 Å². The topological polar surface area (TPSA) is 0 Å². The van der Waals surface area contributed by atoms with Gasteiger partial charge in [-0.25, -0.2) is 4.39 Å². The van der Waals surface area contributed by atoms with Crippen LogP contribution in [0.3, 0.4) is 0 Å². The van der Waals surface area contributed by atoms with Crippen LogP contribution in [0, 0.1) is 11.8 Å². The molecule has 0 radical (unpaired) electrons. The Bertz CT molecular complexity index is 794. The van der Waals surface area contributed by atoms with Crippen molar-refractivity contribution in [2.24, 2.45) is 0 Å². The summed E-state index contributed by atoms with van der Waals surface area (Å²) in [7, 11) is 0. The summed E-state index contributed by atoms with van der Waals surface area (Å²) in [5.41, 5.74) is 4.62. The van der Waals surface area contributed by atoms with Crippen molar-refractivity contribution in [3.05, 3.63) is 76.9 Å². The molecule has 0 aromatic heterocycles. The van der Waals surface area contributed by atoms with Crippen LogP contribution < -0.4 is 0 Å². The Labute approximate surface area is 169 Å². The Balaban J connectivity index is 1.54. The van der Waals surface area contributed by atoms with E-state index in [-0.39, 0.29) is 0 Å². The highest BCUT2D eigenvalue weighted by Gasteiger charge is 2.21. The lowest BCUT2D eigenvalue weighted by Crippen LogP contribution is -2.13. The van der Waals surface area contributed by atoms with Gasteiger partial charge in [0.25, 0.3) is 0 Å². The van der Waals surface area contributed by atoms with E-state index < -0.39 is 6.17 Å². The van der Waals surface area contributed by atoms with Crippen LogP contribution in [0.15, 0.2) is 54.6 Å². The Morgan fingerprint density at radius 3 is 2.07 bits per heavy atom. The van der Waals surface area contributed by atoms with Gasteiger partial charge in [0.15, 0.2) is 0 Å². The first-order valence-electron chi connectivity index (χ1n) is 10.8. The number of allylic oxidation sites excluding steroid dienone is 1. The Kier molecular flexibility index (Phi) is 7.92. The molecule has 0 bridgehead atoms. The molecule has 2 aromatic carbocycles. The molecule has 1 aliphatic carbocycles. The highest BCUT2D eigenvalue weighted by Crippen LogP contribution is 2.33. The van der Waals surface area contributed by atoms with Crippen molar-refractivity contribution in [1.82, 2.24) is 0 Å². The molecule has 0 amide bonds.